The number of hydrogen-bond acceptors (Lipinski definition) is 2. The van der Waals surface area contributed by atoms with E-state index in [9.17, 15) is 0 Å². The van der Waals surface area contributed by atoms with Gasteiger partial charge in [-0.3, -0.25) is 0 Å². The Balaban J connectivity index is 2.26. The summed E-state index contributed by atoms with van der Waals surface area (Å²) in [6.07, 6.45) is 4.24. The molecule has 0 radical (unpaired) electrons. The van der Waals surface area contributed by atoms with Gasteiger partial charge in [0.15, 0.2) is 10.9 Å². The summed E-state index contributed by atoms with van der Waals surface area (Å²) in [7, 11) is 0. The minimum absolute atomic E-state index is 0.350. The molecule has 1 aromatic heterocycles. The molecule has 0 aliphatic heterocycles. The molecular weight excluding hydrogens is 241 g/mol. The van der Waals surface area contributed by atoms with E-state index >= 15 is 0 Å². The average molecular weight is 249 g/mol. The van der Waals surface area contributed by atoms with Crippen molar-refractivity contribution in [2.75, 3.05) is 0 Å². The Hall–Kier alpha value is -0.280. The summed E-state index contributed by atoms with van der Waals surface area (Å²) in [6.45, 7) is 0. The number of aromatic nitrogens is 1. The van der Waals surface area contributed by atoms with Gasteiger partial charge in [0.05, 0.1) is 10.6 Å². The largest absolute Gasteiger partial charge is 0.486 e. The smallest absolute Gasteiger partial charge is 0.172 e. The van der Waals surface area contributed by atoms with Crippen molar-refractivity contribution in [1.29, 1.82) is 0 Å². The van der Waals surface area contributed by atoms with Crippen molar-refractivity contribution in [3.05, 3.63) is 21.9 Å². The lowest BCUT2D eigenvalue weighted by molar-refractivity contribution is 0.300. The van der Waals surface area contributed by atoms with Gasteiger partial charge in [-0.15, -0.1) is 0 Å². The molecular formula is C8H7BrClNO. The zero-order chi connectivity index (χ0) is 8.55. The fourth-order valence-electron chi connectivity index (χ4n) is 0.858. The third-order valence-electron chi connectivity index (χ3n) is 1.62. The van der Waals surface area contributed by atoms with Gasteiger partial charge in [0.2, 0.25) is 0 Å². The molecule has 4 heteroatoms. The van der Waals surface area contributed by atoms with Crippen LogP contribution in [0.1, 0.15) is 12.8 Å². The summed E-state index contributed by atoms with van der Waals surface area (Å²) >= 11 is 9.19. The SMILES string of the molecule is Clc1nccc(Br)c1OC1CC1. The molecule has 1 fully saturated rings. The first-order valence-electron chi connectivity index (χ1n) is 3.74. The van der Waals surface area contributed by atoms with E-state index in [1.54, 1.807) is 6.20 Å². The van der Waals surface area contributed by atoms with Crippen molar-refractivity contribution < 1.29 is 4.74 Å². The minimum atomic E-state index is 0.350. The van der Waals surface area contributed by atoms with E-state index in [1.165, 1.54) is 0 Å². The predicted octanol–water partition coefficient (Wildman–Crippen LogP) is 3.04. The van der Waals surface area contributed by atoms with Crippen LogP contribution in [-0.2, 0) is 0 Å². The monoisotopic (exact) mass is 247 g/mol. The van der Waals surface area contributed by atoms with Gasteiger partial charge in [-0.2, -0.15) is 0 Å². The molecule has 0 saturated heterocycles. The molecule has 0 atom stereocenters. The fourth-order valence-corrected chi connectivity index (χ4v) is 1.57. The van der Waals surface area contributed by atoms with Gasteiger partial charge in [0.25, 0.3) is 0 Å². The van der Waals surface area contributed by atoms with Gasteiger partial charge in [-0.05, 0) is 34.8 Å². The highest BCUT2D eigenvalue weighted by Crippen LogP contribution is 2.35. The molecule has 1 aromatic rings. The molecule has 2 nitrogen and oxygen atoms in total. The molecule has 0 N–H and O–H groups in total. The van der Waals surface area contributed by atoms with E-state index in [1.807, 2.05) is 6.07 Å². The number of halogens is 2. The molecule has 0 amide bonds. The van der Waals surface area contributed by atoms with Crippen molar-refractivity contribution in [2.24, 2.45) is 0 Å². The molecule has 0 bridgehead atoms. The maximum atomic E-state index is 5.84. The first-order chi connectivity index (χ1) is 5.77. The van der Waals surface area contributed by atoms with Gasteiger partial charge in [0, 0.05) is 6.20 Å². The molecule has 1 saturated carbocycles. The highest BCUT2D eigenvalue weighted by molar-refractivity contribution is 9.10. The van der Waals surface area contributed by atoms with Crippen LogP contribution in [0, 0.1) is 0 Å². The van der Waals surface area contributed by atoms with Crippen molar-refractivity contribution in [1.82, 2.24) is 4.98 Å². The van der Waals surface area contributed by atoms with E-state index in [0.29, 0.717) is 17.0 Å². The van der Waals surface area contributed by atoms with Gasteiger partial charge < -0.3 is 4.74 Å². The Morgan fingerprint density at radius 2 is 2.33 bits per heavy atom. The van der Waals surface area contributed by atoms with Crippen molar-refractivity contribution in [3.63, 3.8) is 0 Å². The summed E-state index contributed by atoms with van der Waals surface area (Å²) in [5.74, 6) is 0.668. The lowest BCUT2D eigenvalue weighted by Gasteiger charge is -2.06. The second-order valence-corrected chi connectivity index (χ2v) is 3.94. The third kappa shape index (κ3) is 1.72. The summed E-state index contributed by atoms with van der Waals surface area (Å²) in [5.41, 5.74) is 0. The van der Waals surface area contributed by atoms with Crippen LogP contribution >= 0.6 is 27.5 Å². The number of pyridine rings is 1. The minimum Gasteiger partial charge on any atom is -0.486 e. The van der Waals surface area contributed by atoms with E-state index in [4.69, 9.17) is 16.3 Å². The van der Waals surface area contributed by atoms with Crippen molar-refractivity contribution in [3.8, 4) is 5.75 Å². The third-order valence-corrected chi connectivity index (χ3v) is 2.52. The molecule has 0 spiro atoms. The molecule has 2 rings (SSSR count). The van der Waals surface area contributed by atoms with Crippen LogP contribution in [0.5, 0.6) is 5.75 Å². The Labute approximate surface area is 84.0 Å². The lowest BCUT2D eigenvalue weighted by atomic mass is 10.4. The van der Waals surface area contributed by atoms with Crippen LogP contribution in [0.15, 0.2) is 16.7 Å². The van der Waals surface area contributed by atoms with Crippen LogP contribution in [0.2, 0.25) is 5.15 Å². The van der Waals surface area contributed by atoms with Gasteiger partial charge >= 0.3 is 0 Å². The molecule has 1 heterocycles. The van der Waals surface area contributed by atoms with Crippen LogP contribution in [0.3, 0.4) is 0 Å². The Morgan fingerprint density at radius 3 is 2.92 bits per heavy atom. The zero-order valence-electron chi connectivity index (χ0n) is 6.26. The zero-order valence-corrected chi connectivity index (χ0v) is 8.60. The first-order valence-corrected chi connectivity index (χ1v) is 4.91. The topological polar surface area (TPSA) is 22.1 Å². The van der Waals surface area contributed by atoms with E-state index < -0.39 is 0 Å². The molecule has 0 aromatic carbocycles. The van der Waals surface area contributed by atoms with Crippen LogP contribution in [0.4, 0.5) is 0 Å². The number of nitrogens with zero attached hydrogens (tertiary/aromatic N) is 1. The van der Waals surface area contributed by atoms with Crippen LogP contribution in [0.25, 0.3) is 0 Å². The van der Waals surface area contributed by atoms with Crippen molar-refractivity contribution >= 4 is 27.5 Å². The fraction of sp³-hybridized carbons (Fsp3) is 0.375. The molecule has 1 aliphatic rings. The van der Waals surface area contributed by atoms with E-state index in [0.717, 1.165) is 17.3 Å². The quantitative estimate of drug-likeness (QED) is 0.751. The lowest BCUT2D eigenvalue weighted by Crippen LogP contribution is -1.98. The second-order valence-electron chi connectivity index (χ2n) is 2.73. The summed E-state index contributed by atoms with van der Waals surface area (Å²) in [6, 6.07) is 1.82. The standard InChI is InChI=1S/C8H7BrClNO/c9-6-3-4-11-8(10)7(6)12-5-1-2-5/h3-5H,1-2H2. The summed E-state index contributed by atoms with van der Waals surface area (Å²) in [5, 5.41) is 0.427. The normalized spacial score (nSPS) is 16.2. The summed E-state index contributed by atoms with van der Waals surface area (Å²) < 4.78 is 6.42. The van der Waals surface area contributed by atoms with Crippen LogP contribution in [-0.4, -0.2) is 11.1 Å². The van der Waals surface area contributed by atoms with Gasteiger partial charge in [-0.25, -0.2) is 4.98 Å². The Bertz CT molecular complexity index is 281. The van der Waals surface area contributed by atoms with E-state index in [2.05, 4.69) is 20.9 Å². The Kier molecular flexibility index (Phi) is 2.24. The van der Waals surface area contributed by atoms with Gasteiger partial charge in [0.1, 0.15) is 0 Å². The second kappa shape index (κ2) is 3.23. The molecule has 64 valence electrons. The maximum absolute atomic E-state index is 5.84. The molecule has 1 aliphatic carbocycles. The number of hydrogen-bond donors (Lipinski definition) is 0. The summed E-state index contributed by atoms with van der Waals surface area (Å²) in [4.78, 5) is 3.93. The number of rotatable bonds is 2. The molecule has 12 heavy (non-hydrogen) atoms. The first kappa shape index (κ1) is 8.32. The predicted molar refractivity (Wildman–Crippen MR) is 50.6 cm³/mol. The van der Waals surface area contributed by atoms with Crippen LogP contribution < -0.4 is 4.74 Å². The van der Waals surface area contributed by atoms with Crippen molar-refractivity contribution in [2.45, 2.75) is 18.9 Å². The molecule has 0 unspecified atom stereocenters. The highest BCUT2D eigenvalue weighted by Gasteiger charge is 2.25. The van der Waals surface area contributed by atoms with E-state index in [-0.39, 0.29) is 0 Å². The highest BCUT2D eigenvalue weighted by atomic mass is 79.9. The Morgan fingerprint density at radius 1 is 1.58 bits per heavy atom. The number of ether oxygens (including phenoxy) is 1. The average Bonchev–Trinajstić information content (AvgIpc) is 2.80. The maximum Gasteiger partial charge on any atom is 0.172 e. The van der Waals surface area contributed by atoms with Gasteiger partial charge in [-0.1, -0.05) is 11.6 Å².